The average molecular weight is 408 g/mol. The molecule has 0 spiro atoms. The quantitative estimate of drug-likeness (QED) is 0.589. The van der Waals surface area contributed by atoms with Crippen molar-refractivity contribution in [1.82, 2.24) is 0 Å². The Morgan fingerprint density at radius 1 is 1.26 bits per heavy atom. The van der Waals surface area contributed by atoms with Gasteiger partial charge in [0.2, 0.25) is 0 Å². The topological polar surface area (TPSA) is 9.23 Å². The first-order valence-electron chi connectivity index (χ1n) is 5.46. The van der Waals surface area contributed by atoms with Crippen molar-refractivity contribution >= 4 is 43.5 Å². The summed E-state index contributed by atoms with van der Waals surface area (Å²) in [5.41, 5.74) is 1.42. The molecule has 5 heteroatoms. The zero-order valence-corrected chi connectivity index (χ0v) is 13.9. The maximum atomic E-state index is 14.0. The standard InChI is InChI=1S/C14H10Br2ClFO/c1-19-12-6-5-8(7-10(12)15)13(16)9-3-2-4-11(17)14(9)18/h2-7,13H,1H3. The summed E-state index contributed by atoms with van der Waals surface area (Å²) < 4.78 is 20.0. The van der Waals surface area contributed by atoms with E-state index in [4.69, 9.17) is 16.3 Å². The largest absolute Gasteiger partial charge is 0.496 e. The summed E-state index contributed by atoms with van der Waals surface area (Å²) in [5.74, 6) is 0.327. The van der Waals surface area contributed by atoms with Crippen LogP contribution in [0.15, 0.2) is 40.9 Å². The molecule has 19 heavy (non-hydrogen) atoms. The van der Waals surface area contributed by atoms with Crippen LogP contribution in [-0.2, 0) is 0 Å². The first-order valence-corrected chi connectivity index (χ1v) is 7.54. The van der Waals surface area contributed by atoms with E-state index in [1.165, 1.54) is 6.07 Å². The number of rotatable bonds is 3. The van der Waals surface area contributed by atoms with Gasteiger partial charge in [0.25, 0.3) is 0 Å². The number of benzene rings is 2. The highest BCUT2D eigenvalue weighted by molar-refractivity contribution is 9.10. The van der Waals surface area contributed by atoms with Crippen molar-refractivity contribution in [3.8, 4) is 5.75 Å². The fourth-order valence-corrected chi connectivity index (χ4v) is 3.11. The van der Waals surface area contributed by atoms with Crippen molar-refractivity contribution in [3.63, 3.8) is 0 Å². The third-order valence-corrected chi connectivity index (χ3v) is 4.66. The second kappa shape index (κ2) is 6.25. The Hall–Kier alpha value is -0.580. The monoisotopic (exact) mass is 406 g/mol. The number of halogens is 4. The van der Waals surface area contributed by atoms with E-state index in [2.05, 4.69) is 31.9 Å². The van der Waals surface area contributed by atoms with Crippen LogP contribution in [-0.4, -0.2) is 7.11 Å². The van der Waals surface area contributed by atoms with Gasteiger partial charge in [0.15, 0.2) is 0 Å². The van der Waals surface area contributed by atoms with Gasteiger partial charge < -0.3 is 4.74 Å². The smallest absolute Gasteiger partial charge is 0.146 e. The third kappa shape index (κ3) is 3.12. The average Bonchev–Trinajstić information content (AvgIpc) is 2.41. The second-order valence-electron chi connectivity index (χ2n) is 3.90. The van der Waals surface area contributed by atoms with E-state index in [-0.39, 0.29) is 9.85 Å². The van der Waals surface area contributed by atoms with Crippen molar-refractivity contribution in [3.05, 3.63) is 62.8 Å². The molecule has 0 aliphatic carbocycles. The SMILES string of the molecule is COc1ccc(C(Br)c2cccc(Cl)c2F)cc1Br. The summed E-state index contributed by atoms with van der Waals surface area (Å²) in [7, 11) is 1.60. The van der Waals surface area contributed by atoms with Gasteiger partial charge in [0.1, 0.15) is 11.6 Å². The van der Waals surface area contributed by atoms with Crippen molar-refractivity contribution in [1.29, 1.82) is 0 Å². The summed E-state index contributed by atoms with van der Waals surface area (Å²) in [6, 6.07) is 10.6. The molecular formula is C14H10Br2ClFO. The highest BCUT2D eigenvalue weighted by Gasteiger charge is 2.17. The zero-order chi connectivity index (χ0) is 14.0. The van der Waals surface area contributed by atoms with Crippen LogP contribution in [0.25, 0.3) is 0 Å². The zero-order valence-electron chi connectivity index (χ0n) is 9.96. The molecule has 0 amide bonds. The molecule has 1 unspecified atom stereocenters. The minimum Gasteiger partial charge on any atom is -0.496 e. The van der Waals surface area contributed by atoms with Gasteiger partial charge in [0.05, 0.1) is 21.4 Å². The van der Waals surface area contributed by atoms with Crippen LogP contribution in [0.3, 0.4) is 0 Å². The third-order valence-electron chi connectivity index (χ3n) is 2.72. The van der Waals surface area contributed by atoms with E-state index in [1.807, 2.05) is 18.2 Å². The molecule has 2 aromatic carbocycles. The molecule has 0 aliphatic heterocycles. The van der Waals surface area contributed by atoms with Gasteiger partial charge in [-0.15, -0.1) is 0 Å². The van der Waals surface area contributed by atoms with Crippen molar-refractivity contribution in [2.75, 3.05) is 7.11 Å². The Balaban J connectivity index is 2.41. The van der Waals surface area contributed by atoms with Crippen LogP contribution in [0.1, 0.15) is 16.0 Å². The van der Waals surface area contributed by atoms with Gasteiger partial charge in [-0.25, -0.2) is 4.39 Å². The van der Waals surface area contributed by atoms with E-state index in [1.54, 1.807) is 19.2 Å². The highest BCUT2D eigenvalue weighted by atomic mass is 79.9. The molecule has 1 atom stereocenters. The summed E-state index contributed by atoms with van der Waals surface area (Å²) in [4.78, 5) is -0.270. The minimum atomic E-state index is -0.405. The van der Waals surface area contributed by atoms with Crippen molar-refractivity contribution in [2.24, 2.45) is 0 Å². The number of hydrogen-bond acceptors (Lipinski definition) is 1. The van der Waals surface area contributed by atoms with Crippen molar-refractivity contribution in [2.45, 2.75) is 4.83 Å². The van der Waals surface area contributed by atoms with Gasteiger partial charge in [-0.3, -0.25) is 0 Å². The molecule has 0 radical (unpaired) electrons. The Labute approximate surface area is 133 Å². The van der Waals surface area contributed by atoms with Crippen LogP contribution in [0.5, 0.6) is 5.75 Å². The van der Waals surface area contributed by atoms with Gasteiger partial charge in [-0.05, 0) is 39.7 Å². The molecule has 0 fully saturated rings. The molecule has 0 heterocycles. The lowest BCUT2D eigenvalue weighted by Gasteiger charge is -2.14. The Morgan fingerprint density at radius 3 is 2.63 bits per heavy atom. The Bertz CT molecular complexity index is 604. The van der Waals surface area contributed by atoms with E-state index in [0.717, 1.165) is 15.8 Å². The molecule has 2 aromatic rings. The molecular weight excluding hydrogens is 398 g/mol. The number of alkyl halides is 1. The maximum absolute atomic E-state index is 14.0. The first kappa shape index (κ1) is 14.8. The van der Waals surface area contributed by atoms with Gasteiger partial charge in [0, 0.05) is 5.56 Å². The fourth-order valence-electron chi connectivity index (χ4n) is 1.74. The van der Waals surface area contributed by atoms with E-state index >= 15 is 0 Å². The van der Waals surface area contributed by atoms with Crippen LogP contribution < -0.4 is 4.74 Å². The van der Waals surface area contributed by atoms with Crippen LogP contribution >= 0.6 is 43.5 Å². The van der Waals surface area contributed by atoms with Gasteiger partial charge in [-0.2, -0.15) is 0 Å². The lowest BCUT2D eigenvalue weighted by molar-refractivity contribution is 0.412. The van der Waals surface area contributed by atoms with Crippen LogP contribution in [0, 0.1) is 5.82 Å². The molecule has 1 nitrogen and oxygen atoms in total. The second-order valence-corrected chi connectivity index (χ2v) is 6.08. The maximum Gasteiger partial charge on any atom is 0.146 e. The lowest BCUT2D eigenvalue weighted by atomic mass is 10.0. The summed E-state index contributed by atoms with van der Waals surface area (Å²) in [6.07, 6.45) is 0. The molecule has 0 N–H and O–H groups in total. The minimum absolute atomic E-state index is 0.120. The molecule has 2 rings (SSSR count). The van der Waals surface area contributed by atoms with Gasteiger partial charge in [-0.1, -0.05) is 45.7 Å². The lowest BCUT2D eigenvalue weighted by Crippen LogP contribution is -1.97. The fraction of sp³-hybridized carbons (Fsp3) is 0.143. The van der Waals surface area contributed by atoms with Crippen LogP contribution in [0.4, 0.5) is 4.39 Å². The predicted octanol–water partition coefficient (Wildman–Crippen LogP) is 5.73. The number of hydrogen-bond donors (Lipinski definition) is 0. The van der Waals surface area contributed by atoms with Crippen molar-refractivity contribution < 1.29 is 9.13 Å². The van der Waals surface area contributed by atoms with Crippen LogP contribution in [0.2, 0.25) is 5.02 Å². The number of ether oxygens (including phenoxy) is 1. The molecule has 0 aromatic heterocycles. The molecule has 0 saturated carbocycles. The molecule has 0 saturated heterocycles. The highest BCUT2D eigenvalue weighted by Crippen LogP contribution is 2.37. The Morgan fingerprint density at radius 2 is 2.00 bits per heavy atom. The van der Waals surface area contributed by atoms with E-state index < -0.39 is 5.82 Å². The molecule has 0 bridgehead atoms. The van der Waals surface area contributed by atoms with E-state index in [0.29, 0.717) is 5.56 Å². The predicted molar refractivity (Wildman–Crippen MR) is 82.9 cm³/mol. The molecule has 0 aliphatic rings. The van der Waals surface area contributed by atoms with Gasteiger partial charge >= 0.3 is 0 Å². The summed E-state index contributed by atoms with van der Waals surface area (Å²) >= 11 is 12.7. The number of methoxy groups -OCH3 is 1. The summed E-state index contributed by atoms with van der Waals surface area (Å²) in [6.45, 7) is 0. The Kier molecular flexibility index (Phi) is 4.87. The van der Waals surface area contributed by atoms with E-state index in [9.17, 15) is 4.39 Å². The normalized spacial score (nSPS) is 12.3. The summed E-state index contributed by atoms with van der Waals surface area (Å²) in [5, 5.41) is 0.120. The first-order chi connectivity index (χ1) is 9.04. The molecule has 100 valence electrons.